The van der Waals surface area contributed by atoms with Crippen molar-refractivity contribution in [1.29, 1.82) is 5.26 Å². The summed E-state index contributed by atoms with van der Waals surface area (Å²) in [6, 6.07) is 10.6. The first-order chi connectivity index (χ1) is 12.3. The van der Waals surface area contributed by atoms with E-state index in [1.165, 1.54) is 5.56 Å². The monoisotopic (exact) mass is 336 g/mol. The lowest BCUT2D eigenvalue weighted by Gasteiger charge is -2.08. The minimum Gasteiger partial charge on any atom is -0.465 e. The number of H-pyrrole nitrogens is 1. The van der Waals surface area contributed by atoms with Crippen LogP contribution in [-0.2, 0) is 16.0 Å². The van der Waals surface area contributed by atoms with Gasteiger partial charge in [-0.1, -0.05) is 6.07 Å². The van der Waals surface area contributed by atoms with Crippen LogP contribution in [0.4, 0.5) is 11.5 Å². The van der Waals surface area contributed by atoms with E-state index in [1.807, 2.05) is 18.2 Å². The van der Waals surface area contributed by atoms with Crippen molar-refractivity contribution in [3.05, 3.63) is 41.1 Å². The quantitative estimate of drug-likeness (QED) is 0.815. The molecule has 2 aliphatic rings. The number of fused-ring (bicyclic) bond motifs is 1. The van der Waals surface area contributed by atoms with Gasteiger partial charge in [0, 0.05) is 23.4 Å². The van der Waals surface area contributed by atoms with Gasteiger partial charge < -0.3 is 10.1 Å². The van der Waals surface area contributed by atoms with E-state index in [4.69, 9.17) is 10.00 Å². The molecule has 2 N–H and O–H groups in total. The van der Waals surface area contributed by atoms with E-state index in [2.05, 4.69) is 27.6 Å². The number of carbonyl (C=O) groups excluding carboxylic acids is 1. The van der Waals surface area contributed by atoms with Gasteiger partial charge in [-0.25, -0.2) is 0 Å². The largest absolute Gasteiger partial charge is 0.465 e. The van der Waals surface area contributed by atoms with Gasteiger partial charge >= 0.3 is 0 Å². The van der Waals surface area contributed by atoms with Gasteiger partial charge in [-0.2, -0.15) is 10.4 Å². The predicted octanol–water partition coefficient (Wildman–Crippen LogP) is 3.52. The molecule has 0 radical (unpaired) electrons. The Labute approximate surface area is 146 Å². The van der Waals surface area contributed by atoms with Gasteiger partial charge in [0.25, 0.3) is 6.47 Å². The number of anilines is 2. The Morgan fingerprint density at radius 2 is 2.24 bits per heavy atom. The Morgan fingerprint density at radius 3 is 3.08 bits per heavy atom. The molecule has 2 aliphatic carbocycles. The highest BCUT2D eigenvalue weighted by atomic mass is 16.5. The highest BCUT2D eigenvalue weighted by Crippen LogP contribution is 2.37. The van der Waals surface area contributed by atoms with Crippen LogP contribution >= 0.6 is 0 Å². The third kappa shape index (κ3) is 3.10. The number of ether oxygens (including phenoxy) is 1. The molecule has 2 aromatic rings. The molecular formula is C19H20N4O2. The van der Waals surface area contributed by atoms with Gasteiger partial charge in [-0.05, 0) is 55.4 Å². The molecule has 128 valence electrons. The molecule has 6 nitrogen and oxygen atoms in total. The van der Waals surface area contributed by atoms with Gasteiger partial charge in [0.1, 0.15) is 6.10 Å². The maximum Gasteiger partial charge on any atom is 0.293 e. The molecule has 3 atom stereocenters. The van der Waals surface area contributed by atoms with Crippen molar-refractivity contribution in [2.24, 2.45) is 0 Å². The number of hydrogen-bond donors (Lipinski definition) is 2. The first-order valence-electron chi connectivity index (χ1n) is 8.70. The molecular weight excluding hydrogens is 316 g/mol. The summed E-state index contributed by atoms with van der Waals surface area (Å²) in [5, 5.41) is 20.0. The van der Waals surface area contributed by atoms with E-state index < -0.39 is 0 Å². The molecule has 0 saturated heterocycles. The van der Waals surface area contributed by atoms with Crippen LogP contribution in [0.25, 0.3) is 0 Å². The van der Waals surface area contributed by atoms with E-state index in [0.717, 1.165) is 54.9 Å². The zero-order valence-corrected chi connectivity index (χ0v) is 13.9. The number of aromatic nitrogens is 2. The summed E-state index contributed by atoms with van der Waals surface area (Å²) in [6.45, 7) is 0.539. The fourth-order valence-electron chi connectivity index (χ4n) is 4.01. The Kier molecular flexibility index (Phi) is 4.14. The SMILES string of the molecule is N#CC1CCc2cc(Nc3cc(C4CCC(OC=O)C4)[nH]n3)ccc21. The van der Waals surface area contributed by atoms with Crippen LogP contribution in [-0.4, -0.2) is 22.8 Å². The molecule has 1 heterocycles. The number of hydrogen-bond acceptors (Lipinski definition) is 5. The van der Waals surface area contributed by atoms with Gasteiger partial charge in [-0.15, -0.1) is 0 Å². The summed E-state index contributed by atoms with van der Waals surface area (Å²) in [6.07, 6.45) is 4.62. The second-order valence-corrected chi connectivity index (χ2v) is 6.83. The van der Waals surface area contributed by atoms with Gasteiger partial charge in [0.2, 0.25) is 0 Å². The third-order valence-corrected chi connectivity index (χ3v) is 5.32. The third-order valence-electron chi connectivity index (χ3n) is 5.32. The average Bonchev–Trinajstić information content (AvgIpc) is 3.34. The summed E-state index contributed by atoms with van der Waals surface area (Å²) in [4.78, 5) is 10.5. The van der Waals surface area contributed by atoms with Crippen LogP contribution in [0.1, 0.15) is 54.3 Å². The maximum atomic E-state index is 10.5. The zero-order valence-electron chi connectivity index (χ0n) is 13.9. The van der Waals surface area contributed by atoms with Crippen molar-refractivity contribution in [3.8, 4) is 6.07 Å². The van der Waals surface area contributed by atoms with Crippen molar-refractivity contribution in [3.63, 3.8) is 0 Å². The van der Waals surface area contributed by atoms with E-state index in [9.17, 15) is 4.79 Å². The van der Waals surface area contributed by atoms with Gasteiger partial charge in [-0.3, -0.25) is 9.89 Å². The highest BCUT2D eigenvalue weighted by molar-refractivity contribution is 5.60. The van der Waals surface area contributed by atoms with Crippen LogP contribution < -0.4 is 5.32 Å². The minimum atomic E-state index is 0.0204. The topological polar surface area (TPSA) is 90.8 Å². The van der Waals surface area contributed by atoms with Crippen LogP contribution in [0.3, 0.4) is 0 Å². The van der Waals surface area contributed by atoms with Crippen LogP contribution in [0.15, 0.2) is 24.3 Å². The number of benzene rings is 1. The Hall–Kier alpha value is -2.81. The van der Waals surface area contributed by atoms with E-state index in [-0.39, 0.29) is 12.0 Å². The molecule has 1 saturated carbocycles. The highest BCUT2D eigenvalue weighted by Gasteiger charge is 2.28. The molecule has 0 spiro atoms. The average molecular weight is 336 g/mol. The molecule has 1 aromatic carbocycles. The first-order valence-corrected chi connectivity index (χ1v) is 8.70. The van der Waals surface area contributed by atoms with Crippen molar-refractivity contribution >= 4 is 18.0 Å². The lowest BCUT2D eigenvalue weighted by molar-refractivity contribution is -0.133. The molecule has 6 heteroatoms. The number of aromatic amines is 1. The number of aryl methyl sites for hydroxylation is 1. The molecule has 0 aliphatic heterocycles. The van der Waals surface area contributed by atoms with Crippen molar-refractivity contribution in [2.45, 2.75) is 50.0 Å². The van der Waals surface area contributed by atoms with Gasteiger partial charge in [0.15, 0.2) is 5.82 Å². The van der Waals surface area contributed by atoms with Crippen molar-refractivity contribution in [1.82, 2.24) is 10.2 Å². The molecule has 0 bridgehead atoms. The summed E-state index contributed by atoms with van der Waals surface area (Å²) in [5.41, 5.74) is 4.47. The van der Waals surface area contributed by atoms with Crippen LogP contribution in [0.2, 0.25) is 0 Å². The number of carbonyl (C=O) groups is 1. The number of rotatable bonds is 5. The smallest absolute Gasteiger partial charge is 0.293 e. The van der Waals surface area contributed by atoms with Crippen molar-refractivity contribution in [2.75, 3.05) is 5.32 Å². The van der Waals surface area contributed by atoms with Crippen LogP contribution in [0.5, 0.6) is 0 Å². The Bertz CT molecular complexity index is 823. The summed E-state index contributed by atoms with van der Waals surface area (Å²) >= 11 is 0. The zero-order chi connectivity index (χ0) is 17.2. The summed E-state index contributed by atoms with van der Waals surface area (Å²) in [5.74, 6) is 1.17. The van der Waals surface area contributed by atoms with Gasteiger partial charge in [0.05, 0.1) is 12.0 Å². The summed E-state index contributed by atoms with van der Waals surface area (Å²) < 4.78 is 5.06. The minimum absolute atomic E-state index is 0.0204. The van der Waals surface area contributed by atoms with E-state index in [1.54, 1.807) is 0 Å². The lowest BCUT2D eigenvalue weighted by atomic mass is 10.0. The predicted molar refractivity (Wildman–Crippen MR) is 92.5 cm³/mol. The maximum absolute atomic E-state index is 10.5. The molecule has 3 unspecified atom stereocenters. The van der Waals surface area contributed by atoms with E-state index >= 15 is 0 Å². The number of nitrogens with zero attached hydrogens (tertiary/aromatic N) is 2. The fraction of sp³-hybridized carbons (Fsp3) is 0.421. The lowest BCUT2D eigenvalue weighted by Crippen LogP contribution is -2.06. The Balaban J connectivity index is 1.44. The standard InChI is InChI=1S/C19H20N4O2/c20-10-14-2-1-12-7-15(4-6-17(12)14)21-19-9-18(22-23-19)13-3-5-16(8-13)25-11-24/h4,6-7,9,11,13-14,16H,1-3,5,8H2,(H2,21,22,23). The second-order valence-electron chi connectivity index (χ2n) is 6.83. The normalized spacial score (nSPS) is 24.5. The Morgan fingerprint density at radius 1 is 1.32 bits per heavy atom. The molecule has 1 aromatic heterocycles. The van der Waals surface area contributed by atoms with Crippen molar-refractivity contribution < 1.29 is 9.53 Å². The fourth-order valence-corrected chi connectivity index (χ4v) is 4.01. The molecule has 4 rings (SSSR count). The molecule has 0 amide bonds. The second kappa shape index (κ2) is 6.60. The number of nitriles is 1. The number of nitrogens with one attached hydrogen (secondary N) is 2. The summed E-state index contributed by atoms with van der Waals surface area (Å²) in [7, 11) is 0. The van der Waals surface area contributed by atoms with E-state index in [0.29, 0.717) is 12.4 Å². The van der Waals surface area contributed by atoms with Crippen LogP contribution in [0, 0.1) is 11.3 Å². The molecule has 25 heavy (non-hydrogen) atoms. The molecule has 1 fully saturated rings. The first kappa shape index (κ1) is 15.7.